The first-order valence-corrected chi connectivity index (χ1v) is 11.9. The van der Waals surface area contributed by atoms with Crippen molar-refractivity contribution >= 4 is 27.9 Å². The molecule has 0 bridgehead atoms. The molecular formula is C32H31IrN2O3-. The number of allylic oxidation sites excluding steroid dienone is 2. The Morgan fingerprint density at radius 1 is 1.08 bits per heavy atom. The Morgan fingerprint density at radius 2 is 1.84 bits per heavy atom. The second-order valence-electron chi connectivity index (χ2n) is 9.87. The van der Waals surface area contributed by atoms with E-state index in [9.17, 15) is 4.79 Å². The van der Waals surface area contributed by atoms with Gasteiger partial charge in [-0.2, -0.15) is 0 Å². The third kappa shape index (κ3) is 6.45. The first-order chi connectivity index (χ1) is 18.8. The molecule has 2 aromatic carbocycles. The van der Waals surface area contributed by atoms with Gasteiger partial charge in [-0.25, -0.2) is 4.98 Å². The molecule has 0 atom stereocenters. The van der Waals surface area contributed by atoms with Gasteiger partial charge in [-0.1, -0.05) is 62.1 Å². The van der Waals surface area contributed by atoms with Crippen LogP contribution >= 0.6 is 0 Å². The number of pyridine rings is 2. The number of carbonyl (C=O) groups is 1. The maximum atomic E-state index is 10.0. The SMILES string of the molecule is CC(=O)/C=C(/C)O.[2H]C([2H])([2H])c1ccc2c(n1)oc1c(-c3cc(-c4ccccc4C(C)(C)C)ccn3)[c-]ccc12.[Ir]. The van der Waals surface area contributed by atoms with Crippen LogP contribution < -0.4 is 0 Å². The average molecular weight is 687 g/mol. The quantitative estimate of drug-likeness (QED) is 0.118. The Hall–Kier alpha value is -3.60. The van der Waals surface area contributed by atoms with Gasteiger partial charge >= 0.3 is 0 Å². The van der Waals surface area contributed by atoms with Crippen LogP contribution in [0, 0.1) is 12.9 Å². The van der Waals surface area contributed by atoms with Crippen molar-refractivity contribution in [2.24, 2.45) is 0 Å². The van der Waals surface area contributed by atoms with Crippen molar-refractivity contribution in [2.45, 2.75) is 46.9 Å². The van der Waals surface area contributed by atoms with Crippen molar-refractivity contribution < 1.29 is 38.5 Å². The van der Waals surface area contributed by atoms with Gasteiger partial charge in [0, 0.05) is 47.6 Å². The third-order valence-corrected chi connectivity index (χ3v) is 5.77. The first-order valence-electron chi connectivity index (χ1n) is 13.4. The number of furan rings is 1. The molecule has 0 aliphatic heterocycles. The Bertz CT molecular complexity index is 1730. The van der Waals surface area contributed by atoms with Gasteiger partial charge in [-0.05, 0) is 66.7 Å². The van der Waals surface area contributed by atoms with Crippen LogP contribution in [0.25, 0.3) is 44.5 Å². The minimum absolute atomic E-state index is 0. The molecule has 6 heteroatoms. The summed E-state index contributed by atoms with van der Waals surface area (Å²) < 4.78 is 29.0. The van der Waals surface area contributed by atoms with Crippen molar-refractivity contribution in [1.29, 1.82) is 0 Å². The molecular weight excluding hydrogens is 653 g/mol. The maximum absolute atomic E-state index is 10.0. The summed E-state index contributed by atoms with van der Waals surface area (Å²) in [5.41, 5.74) is 5.84. The second kappa shape index (κ2) is 11.8. The molecule has 0 saturated heterocycles. The number of aromatic nitrogens is 2. The molecule has 197 valence electrons. The first kappa shape index (κ1) is 24.7. The fourth-order valence-corrected chi connectivity index (χ4v) is 4.23. The van der Waals surface area contributed by atoms with E-state index in [-0.39, 0.29) is 42.8 Å². The number of aliphatic hydroxyl groups is 1. The standard InChI is InChI=1S/C27H23N2O.C5H8O2.Ir/c1-17-12-13-21-20-9-7-10-22(25(20)30-26(21)29-17)24-16-18(14-15-28-24)19-8-5-6-11-23(19)27(2,3)4;1-4(6)3-5(2)7;/h5-9,11-16H,1-4H3;3,6H,1-2H3;/q-1;;/b;4-3-;/i1D3;;. The predicted octanol–water partition coefficient (Wildman–Crippen LogP) is 8.15. The zero-order valence-corrected chi connectivity index (χ0v) is 24.3. The normalized spacial score (nSPS) is 13.1. The topological polar surface area (TPSA) is 76.2 Å². The molecule has 0 fully saturated rings. The van der Waals surface area contributed by atoms with E-state index >= 15 is 0 Å². The van der Waals surface area contributed by atoms with Gasteiger partial charge in [-0.15, -0.1) is 18.2 Å². The van der Waals surface area contributed by atoms with E-state index in [0.29, 0.717) is 11.3 Å². The van der Waals surface area contributed by atoms with Crippen LogP contribution in [0.2, 0.25) is 0 Å². The number of aryl methyl sites for hydroxylation is 1. The van der Waals surface area contributed by atoms with Crippen LogP contribution in [-0.4, -0.2) is 20.9 Å². The number of ketones is 1. The van der Waals surface area contributed by atoms with Gasteiger partial charge in [-0.3, -0.25) is 4.79 Å². The Morgan fingerprint density at radius 3 is 2.50 bits per heavy atom. The molecule has 5 nitrogen and oxygen atoms in total. The van der Waals surface area contributed by atoms with Gasteiger partial charge in [0.1, 0.15) is 0 Å². The molecule has 38 heavy (non-hydrogen) atoms. The van der Waals surface area contributed by atoms with Crippen molar-refractivity contribution in [2.75, 3.05) is 0 Å². The molecule has 1 radical (unpaired) electrons. The summed E-state index contributed by atoms with van der Waals surface area (Å²) in [7, 11) is 0. The molecule has 0 spiro atoms. The summed E-state index contributed by atoms with van der Waals surface area (Å²) in [4.78, 5) is 18.9. The summed E-state index contributed by atoms with van der Waals surface area (Å²) in [5.74, 6) is -0.0625. The molecule has 0 saturated carbocycles. The van der Waals surface area contributed by atoms with Crippen LogP contribution in [0.5, 0.6) is 0 Å². The van der Waals surface area contributed by atoms with Crippen molar-refractivity contribution in [3.8, 4) is 22.4 Å². The largest absolute Gasteiger partial charge is 0.512 e. The van der Waals surface area contributed by atoms with Crippen LogP contribution in [0.1, 0.15) is 50.0 Å². The van der Waals surface area contributed by atoms with E-state index < -0.39 is 6.85 Å². The van der Waals surface area contributed by atoms with Gasteiger partial charge in [0.25, 0.3) is 0 Å². The van der Waals surface area contributed by atoms with Crippen LogP contribution in [0.15, 0.2) is 83.1 Å². The van der Waals surface area contributed by atoms with E-state index in [4.69, 9.17) is 13.6 Å². The van der Waals surface area contributed by atoms with E-state index in [1.54, 1.807) is 12.3 Å². The number of hydrogen-bond donors (Lipinski definition) is 1. The monoisotopic (exact) mass is 687 g/mol. The fourth-order valence-electron chi connectivity index (χ4n) is 4.23. The van der Waals surface area contributed by atoms with Crippen LogP contribution in [0.3, 0.4) is 0 Å². The molecule has 0 aliphatic carbocycles. The summed E-state index contributed by atoms with van der Waals surface area (Å²) in [6.07, 6.45) is 2.96. The zero-order valence-electron chi connectivity index (χ0n) is 24.9. The second-order valence-corrected chi connectivity index (χ2v) is 9.87. The van der Waals surface area contributed by atoms with Crippen molar-refractivity contribution in [1.82, 2.24) is 9.97 Å². The summed E-state index contributed by atoms with van der Waals surface area (Å²) in [6.45, 7) is 7.17. The summed E-state index contributed by atoms with van der Waals surface area (Å²) in [5, 5.41) is 9.98. The molecule has 0 amide bonds. The minimum Gasteiger partial charge on any atom is -0.512 e. The number of rotatable bonds is 3. The maximum Gasteiger partial charge on any atom is 0.216 e. The Kier molecular flexibility index (Phi) is 7.71. The van der Waals surface area contributed by atoms with E-state index in [0.717, 1.165) is 33.2 Å². The molecule has 0 aliphatic rings. The van der Waals surface area contributed by atoms with E-state index in [1.807, 2.05) is 30.3 Å². The Labute approximate surface area is 241 Å². The molecule has 5 aromatic rings. The van der Waals surface area contributed by atoms with Crippen LogP contribution in [0.4, 0.5) is 0 Å². The number of fused-ring (bicyclic) bond motifs is 3. The fraction of sp³-hybridized carbons (Fsp3) is 0.219. The molecule has 5 rings (SSSR count). The molecule has 0 unspecified atom stereocenters. The molecule has 3 aromatic heterocycles. The van der Waals surface area contributed by atoms with Gasteiger partial charge < -0.3 is 14.5 Å². The van der Waals surface area contributed by atoms with Gasteiger partial charge in [0.2, 0.25) is 5.71 Å². The summed E-state index contributed by atoms with van der Waals surface area (Å²) >= 11 is 0. The third-order valence-electron chi connectivity index (χ3n) is 5.77. The smallest absolute Gasteiger partial charge is 0.216 e. The minimum atomic E-state index is -2.29. The number of hydrogen-bond acceptors (Lipinski definition) is 5. The number of nitrogens with zero attached hydrogens (tertiary/aromatic N) is 2. The average Bonchev–Trinajstić information content (AvgIpc) is 3.25. The van der Waals surface area contributed by atoms with Gasteiger partial charge in [0.15, 0.2) is 5.78 Å². The Balaban J connectivity index is 0.000000516. The van der Waals surface area contributed by atoms with E-state index in [1.165, 1.54) is 31.6 Å². The predicted molar refractivity (Wildman–Crippen MR) is 150 cm³/mol. The number of aliphatic hydroxyl groups excluding tert-OH is 1. The molecule has 1 N–H and O–H groups in total. The molecule has 3 heterocycles. The summed E-state index contributed by atoms with van der Waals surface area (Å²) in [6, 6.07) is 22.7. The zero-order chi connectivity index (χ0) is 29.2. The number of carbonyl (C=O) groups excluding carboxylic acids is 1. The van der Waals surface area contributed by atoms with Crippen molar-refractivity contribution in [3.63, 3.8) is 0 Å². The van der Waals surface area contributed by atoms with Crippen molar-refractivity contribution in [3.05, 3.63) is 96.0 Å². The van der Waals surface area contributed by atoms with E-state index in [2.05, 4.69) is 55.0 Å². The van der Waals surface area contributed by atoms with Gasteiger partial charge in [0.05, 0.1) is 11.3 Å². The van der Waals surface area contributed by atoms with Crippen LogP contribution in [-0.2, 0) is 30.3 Å². The number of benzene rings is 2.